The summed E-state index contributed by atoms with van der Waals surface area (Å²) in [5.74, 6) is 1.41. The highest BCUT2D eigenvalue weighted by atomic mass is 127. The van der Waals surface area contributed by atoms with Gasteiger partial charge in [0.2, 0.25) is 5.91 Å². The molecule has 1 aliphatic rings. The van der Waals surface area contributed by atoms with E-state index < -0.39 is 0 Å². The van der Waals surface area contributed by atoms with Gasteiger partial charge in [-0.1, -0.05) is 6.07 Å². The van der Waals surface area contributed by atoms with Crippen LogP contribution in [0.1, 0.15) is 44.1 Å². The number of hydrogen-bond donors (Lipinski definition) is 3. The van der Waals surface area contributed by atoms with E-state index in [1.807, 2.05) is 19.9 Å². The molecule has 1 aliphatic carbocycles. The van der Waals surface area contributed by atoms with Gasteiger partial charge >= 0.3 is 0 Å². The van der Waals surface area contributed by atoms with Crippen LogP contribution < -0.4 is 20.7 Å². The minimum Gasteiger partial charge on any atom is -0.490 e. The summed E-state index contributed by atoms with van der Waals surface area (Å²) < 4.78 is 25.1. The van der Waals surface area contributed by atoms with Crippen LogP contribution in [-0.4, -0.2) is 31.6 Å². The molecular weight excluding hydrogens is 514 g/mol. The number of benzene rings is 1. The largest absolute Gasteiger partial charge is 0.490 e. The van der Waals surface area contributed by atoms with Crippen LogP contribution in [0.4, 0.5) is 4.39 Å². The monoisotopic (exact) mass is 544 g/mol. The van der Waals surface area contributed by atoms with E-state index in [-0.39, 0.29) is 54.0 Å². The number of hydrogen-bond acceptors (Lipinski definition) is 4. The molecule has 0 saturated heterocycles. The van der Waals surface area contributed by atoms with Crippen molar-refractivity contribution in [3.8, 4) is 5.75 Å². The Labute approximate surface area is 199 Å². The summed E-state index contributed by atoms with van der Waals surface area (Å²) in [6.07, 6.45) is 3.88. The first kappa shape index (κ1) is 25.0. The van der Waals surface area contributed by atoms with Crippen molar-refractivity contribution in [3.63, 3.8) is 0 Å². The predicted octanol–water partition coefficient (Wildman–Crippen LogP) is 3.76. The van der Waals surface area contributed by atoms with Crippen LogP contribution in [0.15, 0.2) is 46.0 Å². The van der Waals surface area contributed by atoms with Crippen LogP contribution in [0.5, 0.6) is 5.75 Å². The number of nitrogens with one attached hydrogen (secondary N) is 3. The SMILES string of the molecule is CCNC(=NCC(=O)NCc1ccco1)NC(C)c1ccc(OCC2CC2)c(F)c1.I. The zero-order valence-corrected chi connectivity index (χ0v) is 20.1. The molecule has 1 fully saturated rings. The third-order valence-electron chi connectivity index (χ3n) is 4.75. The Morgan fingerprint density at radius 1 is 1.32 bits per heavy atom. The van der Waals surface area contributed by atoms with Crippen molar-refractivity contribution in [2.45, 2.75) is 39.3 Å². The highest BCUT2D eigenvalue weighted by Crippen LogP contribution is 2.30. The Morgan fingerprint density at radius 3 is 2.77 bits per heavy atom. The average molecular weight is 544 g/mol. The molecule has 3 rings (SSSR count). The van der Waals surface area contributed by atoms with Crippen molar-refractivity contribution >= 4 is 35.8 Å². The van der Waals surface area contributed by atoms with Crippen LogP contribution in [0, 0.1) is 11.7 Å². The number of ether oxygens (including phenoxy) is 1. The van der Waals surface area contributed by atoms with Crippen molar-refractivity contribution < 1.29 is 18.3 Å². The number of amides is 1. The van der Waals surface area contributed by atoms with E-state index in [1.165, 1.54) is 6.07 Å². The Hall–Kier alpha value is -2.30. The van der Waals surface area contributed by atoms with Crippen LogP contribution in [0.3, 0.4) is 0 Å². The first-order chi connectivity index (χ1) is 14.5. The van der Waals surface area contributed by atoms with Crippen molar-refractivity contribution in [2.24, 2.45) is 10.9 Å². The number of nitrogens with zero attached hydrogens (tertiary/aromatic N) is 1. The van der Waals surface area contributed by atoms with Gasteiger partial charge in [-0.05, 0) is 62.4 Å². The van der Waals surface area contributed by atoms with E-state index in [4.69, 9.17) is 9.15 Å². The predicted molar refractivity (Wildman–Crippen MR) is 128 cm³/mol. The summed E-state index contributed by atoms with van der Waals surface area (Å²) in [4.78, 5) is 16.3. The van der Waals surface area contributed by atoms with Gasteiger partial charge in [-0.3, -0.25) is 4.79 Å². The number of rotatable bonds is 10. The van der Waals surface area contributed by atoms with Gasteiger partial charge in [0.15, 0.2) is 17.5 Å². The molecule has 3 N–H and O–H groups in total. The normalized spacial score (nSPS) is 14.4. The van der Waals surface area contributed by atoms with Crippen LogP contribution in [-0.2, 0) is 11.3 Å². The molecule has 0 radical (unpaired) electrons. The van der Waals surface area contributed by atoms with Gasteiger partial charge in [0.1, 0.15) is 12.3 Å². The molecule has 9 heteroatoms. The number of carbonyl (C=O) groups is 1. The van der Waals surface area contributed by atoms with E-state index >= 15 is 0 Å². The molecule has 7 nitrogen and oxygen atoms in total. The third kappa shape index (κ3) is 8.39. The van der Waals surface area contributed by atoms with E-state index in [0.29, 0.717) is 37.3 Å². The van der Waals surface area contributed by atoms with Gasteiger partial charge in [0.05, 0.1) is 25.5 Å². The fraction of sp³-hybridized carbons (Fsp3) is 0.455. The van der Waals surface area contributed by atoms with E-state index in [2.05, 4.69) is 20.9 Å². The third-order valence-corrected chi connectivity index (χ3v) is 4.75. The minimum atomic E-state index is -0.374. The lowest BCUT2D eigenvalue weighted by Crippen LogP contribution is -2.39. The quantitative estimate of drug-likeness (QED) is 0.241. The molecule has 170 valence electrons. The highest BCUT2D eigenvalue weighted by molar-refractivity contribution is 14.0. The van der Waals surface area contributed by atoms with Gasteiger partial charge < -0.3 is 25.1 Å². The van der Waals surface area contributed by atoms with Gasteiger partial charge in [-0.25, -0.2) is 9.38 Å². The molecule has 1 aromatic carbocycles. The summed E-state index contributed by atoms with van der Waals surface area (Å²) >= 11 is 0. The molecule has 1 unspecified atom stereocenters. The molecule has 0 aliphatic heterocycles. The molecule has 1 heterocycles. The van der Waals surface area contributed by atoms with Gasteiger partial charge in [0, 0.05) is 6.54 Å². The zero-order chi connectivity index (χ0) is 21.3. The lowest BCUT2D eigenvalue weighted by Gasteiger charge is -2.19. The van der Waals surface area contributed by atoms with Gasteiger partial charge in [-0.15, -0.1) is 24.0 Å². The van der Waals surface area contributed by atoms with Crippen LogP contribution in [0.25, 0.3) is 0 Å². The molecular formula is C22H30FIN4O3. The maximum atomic E-state index is 14.4. The summed E-state index contributed by atoms with van der Waals surface area (Å²) in [6.45, 7) is 5.33. The maximum Gasteiger partial charge on any atom is 0.242 e. The van der Waals surface area contributed by atoms with Crippen molar-refractivity contribution in [1.29, 1.82) is 0 Å². The summed E-state index contributed by atoms with van der Waals surface area (Å²) in [6, 6.07) is 8.32. The van der Waals surface area contributed by atoms with Crippen molar-refractivity contribution in [1.82, 2.24) is 16.0 Å². The lowest BCUT2D eigenvalue weighted by atomic mass is 10.1. The highest BCUT2D eigenvalue weighted by Gasteiger charge is 2.22. The molecule has 2 aromatic rings. The smallest absolute Gasteiger partial charge is 0.242 e. The topological polar surface area (TPSA) is 87.9 Å². The molecule has 0 bridgehead atoms. The van der Waals surface area contributed by atoms with Crippen molar-refractivity contribution in [3.05, 3.63) is 53.7 Å². The maximum absolute atomic E-state index is 14.4. The Morgan fingerprint density at radius 2 is 2.13 bits per heavy atom. The molecule has 1 saturated carbocycles. The van der Waals surface area contributed by atoms with E-state index in [1.54, 1.807) is 24.5 Å². The first-order valence-electron chi connectivity index (χ1n) is 10.3. The fourth-order valence-electron chi connectivity index (χ4n) is 2.81. The lowest BCUT2D eigenvalue weighted by molar-refractivity contribution is -0.119. The van der Waals surface area contributed by atoms with Crippen molar-refractivity contribution in [2.75, 3.05) is 19.7 Å². The summed E-state index contributed by atoms with van der Waals surface area (Å²) in [5.41, 5.74) is 0.763. The average Bonchev–Trinajstić information content (AvgIpc) is 3.42. The second-order valence-electron chi connectivity index (χ2n) is 7.36. The van der Waals surface area contributed by atoms with Gasteiger partial charge in [-0.2, -0.15) is 0 Å². The van der Waals surface area contributed by atoms with Gasteiger partial charge in [0.25, 0.3) is 0 Å². The second kappa shape index (κ2) is 12.5. The second-order valence-corrected chi connectivity index (χ2v) is 7.36. The number of guanidine groups is 1. The van der Waals surface area contributed by atoms with Crippen LogP contribution >= 0.6 is 24.0 Å². The van der Waals surface area contributed by atoms with Crippen LogP contribution in [0.2, 0.25) is 0 Å². The number of aliphatic imine (C=N–C) groups is 1. The van der Waals surface area contributed by atoms with E-state index in [0.717, 1.165) is 18.4 Å². The number of carbonyl (C=O) groups excluding carboxylic acids is 1. The molecule has 1 amide bonds. The number of halogens is 2. The molecule has 1 atom stereocenters. The molecule has 1 aromatic heterocycles. The molecule has 0 spiro atoms. The number of furan rings is 1. The zero-order valence-electron chi connectivity index (χ0n) is 17.8. The Balaban J connectivity index is 0.00000341. The minimum absolute atomic E-state index is 0. The molecule has 31 heavy (non-hydrogen) atoms. The Bertz CT molecular complexity index is 856. The summed E-state index contributed by atoms with van der Waals surface area (Å²) in [5, 5.41) is 9.04. The standard InChI is InChI=1S/C22H29FN4O3.HI/c1-3-24-22(26-13-21(28)25-12-18-5-4-10-29-18)27-15(2)17-8-9-20(19(23)11-17)30-14-16-6-7-16;/h4-5,8-11,15-16H,3,6-7,12-14H2,1-2H3,(H,25,28)(H2,24,26,27);1H. The first-order valence-corrected chi connectivity index (χ1v) is 10.3. The summed E-state index contributed by atoms with van der Waals surface area (Å²) in [7, 11) is 0. The Kier molecular flexibility index (Phi) is 10.1. The fourth-order valence-corrected chi connectivity index (χ4v) is 2.81. The van der Waals surface area contributed by atoms with E-state index in [9.17, 15) is 9.18 Å².